The topological polar surface area (TPSA) is 72.9 Å². The van der Waals surface area contributed by atoms with Gasteiger partial charge in [0.15, 0.2) is 0 Å². The Labute approximate surface area is 163 Å². The minimum atomic E-state index is -0.441. The van der Waals surface area contributed by atoms with Crippen LogP contribution in [0.1, 0.15) is 12.0 Å². The molecule has 0 aliphatic rings. The van der Waals surface area contributed by atoms with Gasteiger partial charge in [-0.25, -0.2) is 4.98 Å². The van der Waals surface area contributed by atoms with Crippen molar-refractivity contribution >= 4 is 41.1 Å². The van der Waals surface area contributed by atoms with Crippen LogP contribution in [-0.2, 0) is 11.3 Å². The third kappa shape index (κ3) is 4.78. The number of para-hydroxylation sites is 2. The van der Waals surface area contributed by atoms with Gasteiger partial charge in [0.25, 0.3) is 0 Å². The monoisotopic (exact) mass is 390 g/mol. The smallest absolute Gasteiger partial charge is 0.237 e. The first-order chi connectivity index (χ1) is 12.2. The average Bonchev–Trinajstić information content (AvgIpc) is 3.08. The molecular formula is C19H23ClN4OS. The van der Waals surface area contributed by atoms with E-state index in [4.69, 9.17) is 5.73 Å². The van der Waals surface area contributed by atoms with Crippen molar-refractivity contribution in [2.75, 3.05) is 12.0 Å². The van der Waals surface area contributed by atoms with E-state index in [1.807, 2.05) is 61.1 Å². The van der Waals surface area contributed by atoms with Crippen molar-refractivity contribution in [3.05, 3.63) is 60.4 Å². The standard InChI is InChI=1S/C19H22N4OS.ClH/c1-25-11-10-16(20)19(24)21-12-14-6-8-15(9-7-14)23-13-22-17-4-2-3-5-18(17)23;/h2-9,13,16H,10-12,20H2,1H3,(H,21,24);1H/t16-;/m0./s1. The van der Waals surface area contributed by atoms with Crippen LogP contribution in [0.15, 0.2) is 54.9 Å². The molecule has 0 fully saturated rings. The molecule has 1 amide bonds. The van der Waals surface area contributed by atoms with E-state index in [9.17, 15) is 4.79 Å². The van der Waals surface area contributed by atoms with Crippen LogP contribution in [0.5, 0.6) is 0 Å². The maximum absolute atomic E-state index is 12.0. The van der Waals surface area contributed by atoms with E-state index >= 15 is 0 Å². The van der Waals surface area contributed by atoms with Gasteiger partial charge < -0.3 is 11.1 Å². The van der Waals surface area contributed by atoms with Gasteiger partial charge in [-0.1, -0.05) is 24.3 Å². The van der Waals surface area contributed by atoms with Crippen molar-refractivity contribution in [1.29, 1.82) is 0 Å². The van der Waals surface area contributed by atoms with E-state index in [1.165, 1.54) is 0 Å². The zero-order valence-corrected chi connectivity index (χ0v) is 16.2. The molecule has 5 nitrogen and oxygen atoms in total. The molecule has 0 aliphatic carbocycles. The lowest BCUT2D eigenvalue weighted by Crippen LogP contribution is -2.40. The Hall–Kier alpha value is -2.02. The first-order valence-corrected chi connectivity index (χ1v) is 9.62. The highest BCUT2D eigenvalue weighted by Gasteiger charge is 2.12. The van der Waals surface area contributed by atoms with Crippen LogP contribution in [0.4, 0.5) is 0 Å². The molecule has 1 atom stereocenters. The number of hydrogen-bond donors (Lipinski definition) is 2. The number of fused-ring (bicyclic) bond motifs is 1. The van der Waals surface area contributed by atoms with Gasteiger partial charge in [-0.15, -0.1) is 12.4 Å². The van der Waals surface area contributed by atoms with Crippen LogP contribution in [0.25, 0.3) is 16.7 Å². The number of nitrogens with two attached hydrogens (primary N) is 1. The molecule has 0 saturated carbocycles. The predicted molar refractivity (Wildman–Crippen MR) is 111 cm³/mol. The lowest BCUT2D eigenvalue weighted by atomic mass is 10.2. The normalized spacial score (nSPS) is 11.8. The van der Waals surface area contributed by atoms with Crippen molar-refractivity contribution in [3.8, 4) is 5.69 Å². The summed E-state index contributed by atoms with van der Waals surface area (Å²) in [6, 6.07) is 15.7. The summed E-state index contributed by atoms with van der Waals surface area (Å²) >= 11 is 1.70. The zero-order valence-electron chi connectivity index (χ0n) is 14.6. The lowest BCUT2D eigenvalue weighted by Gasteiger charge is -2.12. The summed E-state index contributed by atoms with van der Waals surface area (Å²) in [4.78, 5) is 16.4. The lowest BCUT2D eigenvalue weighted by molar-refractivity contribution is -0.122. The Kier molecular flexibility index (Phi) is 7.50. The molecule has 0 saturated heterocycles. The maximum atomic E-state index is 12.0. The highest BCUT2D eigenvalue weighted by Crippen LogP contribution is 2.18. The Morgan fingerprint density at radius 1 is 1.23 bits per heavy atom. The minimum absolute atomic E-state index is 0. The van der Waals surface area contributed by atoms with Gasteiger partial charge in [-0.2, -0.15) is 11.8 Å². The van der Waals surface area contributed by atoms with Gasteiger partial charge in [0, 0.05) is 12.2 Å². The van der Waals surface area contributed by atoms with Gasteiger partial charge >= 0.3 is 0 Å². The predicted octanol–water partition coefficient (Wildman–Crippen LogP) is 3.14. The number of imidazole rings is 1. The molecule has 0 radical (unpaired) electrons. The number of nitrogens with one attached hydrogen (secondary N) is 1. The molecular weight excluding hydrogens is 368 g/mol. The van der Waals surface area contributed by atoms with E-state index in [0.29, 0.717) is 13.0 Å². The van der Waals surface area contributed by atoms with Crippen molar-refractivity contribution < 1.29 is 4.79 Å². The van der Waals surface area contributed by atoms with Crippen molar-refractivity contribution in [2.24, 2.45) is 5.73 Å². The Morgan fingerprint density at radius 3 is 2.69 bits per heavy atom. The molecule has 1 aromatic heterocycles. The number of amides is 1. The molecule has 7 heteroatoms. The fourth-order valence-corrected chi connectivity index (χ4v) is 3.13. The van der Waals surface area contributed by atoms with E-state index in [1.54, 1.807) is 11.8 Å². The molecule has 0 unspecified atom stereocenters. The van der Waals surface area contributed by atoms with Gasteiger partial charge in [0.1, 0.15) is 6.33 Å². The van der Waals surface area contributed by atoms with Gasteiger partial charge in [0.2, 0.25) is 5.91 Å². The van der Waals surface area contributed by atoms with Gasteiger partial charge in [-0.3, -0.25) is 9.36 Å². The number of nitrogens with zero attached hydrogens (tertiary/aromatic N) is 2. The molecule has 0 spiro atoms. The van der Waals surface area contributed by atoms with E-state index in [0.717, 1.165) is 28.0 Å². The zero-order chi connectivity index (χ0) is 17.6. The quantitative estimate of drug-likeness (QED) is 0.650. The SMILES string of the molecule is CSCC[C@H](N)C(=O)NCc1ccc(-n2cnc3ccccc32)cc1.Cl. The van der Waals surface area contributed by atoms with Gasteiger partial charge in [-0.05, 0) is 48.3 Å². The fourth-order valence-electron chi connectivity index (χ4n) is 2.64. The third-order valence-electron chi connectivity index (χ3n) is 4.10. The number of carbonyl (C=O) groups is 1. The Bertz CT molecular complexity index is 850. The largest absolute Gasteiger partial charge is 0.351 e. The summed E-state index contributed by atoms with van der Waals surface area (Å²) in [7, 11) is 0. The van der Waals surface area contributed by atoms with E-state index in [2.05, 4.69) is 14.9 Å². The summed E-state index contributed by atoms with van der Waals surface area (Å²) in [6.07, 6.45) is 4.53. The molecule has 1 heterocycles. The van der Waals surface area contributed by atoms with Crippen LogP contribution < -0.4 is 11.1 Å². The summed E-state index contributed by atoms with van der Waals surface area (Å²) in [6.45, 7) is 0.483. The molecule has 3 N–H and O–H groups in total. The average molecular weight is 391 g/mol. The Morgan fingerprint density at radius 2 is 1.96 bits per heavy atom. The van der Waals surface area contributed by atoms with Crippen molar-refractivity contribution in [2.45, 2.75) is 19.0 Å². The molecule has 3 aromatic rings. The fraction of sp³-hybridized carbons (Fsp3) is 0.263. The maximum Gasteiger partial charge on any atom is 0.237 e. The summed E-state index contributed by atoms with van der Waals surface area (Å²) in [5.41, 5.74) is 10.00. The van der Waals surface area contributed by atoms with Crippen LogP contribution in [-0.4, -0.2) is 33.5 Å². The summed E-state index contributed by atoms with van der Waals surface area (Å²) < 4.78 is 2.05. The third-order valence-corrected chi connectivity index (χ3v) is 4.75. The molecule has 26 heavy (non-hydrogen) atoms. The van der Waals surface area contributed by atoms with Crippen molar-refractivity contribution in [1.82, 2.24) is 14.9 Å². The number of aromatic nitrogens is 2. The molecule has 2 aromatic carbocycles. The molecule has 0 bridgehead atoms. The van der Waals surface area contributed by atoms with Crippen LogP contribution >= 0.6 is 24.2 Å². The number of carbonyl (C=O) groups excluding carboxylic acids is 1. The van der Waals surface area contributed by atoms with Crippen molar-refractivity contribution in [3.63, 3.8) is 0 Å². The number of hydrogen-bond acceptors (Lipinski definition) is 4. The number of halogens is 1. The van der Waals surface area contributed by atoms with Crippen LogP contribution in [0.3, 0.4) is 0 Å². The van der Waals surface area contributed by atoms with Crippen LogP contribution in [0, 0.1) is 0 Å². The first kappa shape index (κ1) is 20.3. The molecule has 3 rings (SSSR count). The van der Waals surface area contributed by atoms with Gasteiger partial charge in [0.05, 0.1) is 17.1 Å². The minimum Gasteiger partial charge on any atom is -0.351 e. The highest BCUT2D eigenvalue weighted by molar-refractivity contribution is 7.98. The van der Waals surface area contributed by atoms with E-state index in [-0.39, 0.29) is 18.3 Å². The molecule has 0 aliphatic heterocycles. The second-order valence-corrected chi connectivity index (χ2v) is 6.86. The van der Waals surface area contributed by atoms with Crippen LogP contribution in [0.2, 0.25) is 0 Å². The number of thioether (sulfide) groups is 1. The molecule has 138 valence electrons. The summed E-state index contributed by atoms with van der Waals surface area (Å²) in [5.74, 6) is 0.793. The van der Waals surface area contributed by atoms with E-state index < -0.39 is 6.04 Å². The second kappa shape index (κ2) is 9.62. The number of benzene rings is 2. The number of rotatable bonds is 7. The first-order valence-electron chi connectivity index (χ1n) is 8.22. The second-order valence-electron chi connectivity index (χ2n) is 5.88. The summed E-state index contributed by atoms with van der Waals surface area (Å²) in [5, 5.41) is 2.90. The highest BCUT2D eigenvalue weighted by atomic mass is 35.5. The Balaban J connectivity index is 0.00000243.